The summed E-state index contributed by atoms with van der Waals surface area (Å²) in [6.45, 7) is 0.768. The molecule has 2 heterocycles. The SMILES string of the molecule is COc1ccsc1CNc1ccc2[nH]ncc2c1. The second kappa shape index (κ2) is 4.70. The van der Waals surface area contributed by atoms with E-state index in [2.05, 4.69) is 21.6 Å². The summed E-state index contributed by atoms with van der Waals surface area (Å²) in [5.41, 5.74) is 2.13. The lowest BCUT2D eigenvalue weighted by Crippen LogP contribution is -1.98. The molecule has 3 rings (SSSR count). The summed E-state index contributed by atoms with van der Waals surface area (Å²) in [7, 11) is 1.70. The molecule has 0 unspecified atom stereocenters. The third kappa shape index (κ3) is 2.04. The first kappa shape index (κ1) is 11.1. The van der Waals surface area contributed by atoms with Crippen LogP contribution >= 0.6 is 11.3 Å². The van der Waals surface area contributed by atoms with E-state index in [-0.39, 0.29) is 0 Å². The van der Waals surface area contributed by atoms with E-state index in [1.807, 2.05) is 29.8 Å². The molecule has 0 bridgehead atoms. The van der Waals surface area contributed by atoms with Crippen molar-refractivity contribution in [2.24, 2.45) is 0 Å². The van der Waals surface area contributed by atoms with Gasteiger partial charge >= 0.3 is 0 Å². The quantitative estimate of drug-likeness (QED) is 0.756. The minimum absolute atomic E-state index is 0.768. The summed E-state index contributed by atoms with van der Waals surface area (Å²) in [4.78, 5) is 1.20. The van der Waals surface area contributed by atoms with E-state index in [4.69, 9.17) is 4.74 Å². The van der Waals surface area contributed by atoms with E-state index in [1.54, 1.807) is 18.4 Å². The lowest BCUT2D eigenvalue weighted by Gasteiger charge is -2.06. The lowest BCUT2D eigenvalue weighted by molar-refractivity contribution is 0.413. The van der Waals surface area contributed by atoms with Gasteiger partial charge in [-0.1, -0.05) is 0 Å². The maximum absolute atomic E-state index is 5.29. The van der Waals surface area contributed by atoms with Crippen LogP contribution in [0, 0.1) is 0 Å². The van der Waals surface area contributed by atoms with Crippen LogP contribution in [0.4, 0.5) is 5.69 Å². The molecular formula is C13H13N3OS. The van der Waals surface area contributed by atoms with Crippen LogP contribution in [0.25, 0.3) is 10.9 Å². The van der Waals surface area contributed by atoms with Crippen molar-refractivity contribution in [2.45, 2.75) is 6.54 Å². The average Bonchev–Trinajstić information content (AvgIpc) is 3.04. The molecule has 0 aliphatic rings. The van der Waals surface area contributed by atoms with Gasteiger partial charge < -0.3 is 10.1 Å². The van der Waals surface area contributed by atoms with Crippen LogP contribution in [0.15, 0.2) is 35.8 Å². The number of H-pyrrole nitrogens is 1. The van der Waals surface area contributed by atoms with Gasteiger partial charge in [0, 0.05) is 11.1 Å². The summed E-state index contributed by atoms with van der Waals surface area (Å²) in [5, 5.41) is 13.5. The fourth-order valence-corrected chi connectivity index (χ4v) is 2.65. The Bertz CT molecular complexity index is 659. The molecule has 3 aromatic rings. The molecule has 0 spiro atoms. The molecule has 0 saturated heterocycles. The van der Waals surface area contributed by atoms with E-state index >= 15 is 0 Å². The van der Waals surface area contributed by atoms with E-state index in [0.29, 0.717) is 0 Å². The van der Waals surface area contributed by atoms with Crippen molar-refractivity contribution >= 4 is 27.9 Å². The van der Waals surface area contributed by atoms with Crippen molar-refractivity contribution in [1.29, 1.82) is 0 Å². The highest BCUT2D eigenvalue weighted by Crippen LogP contribution is 2.25. The predicted octanol–water partition coefficient (Wildman–Crippen LogP) is 3.25. The van der Waals surface area contributed by atoms with Gasteiger partial charge in [0.05, 0.1) is 30.2 Å². The summed E-state index contributed by atoms with van der Waals surface area (Å²) >= 11 is 1.69. The third-order valence-corrected chi connectivity index (χ3v) is 3.72. The number of aromatic amines is 1. The molecule has 4 nitrogen and oxygen atoms in total. The molecule has 18 heavy (non-hydrogen) atoms. The van der Waals surface area contributed by atoms with Crippen molar-refractivity contribution in [3.05, 3.63) is 40.7 Å². The summed E-state index contributed by atoms with van der Waals surface area (Å²) in [5.74, 6) is 0.942. The number of hydrogen-bond donors (Lipinski definition) is 2. The van der Waals surface area contributed by atoms with Gasteiger partial charge in [0.1, 0.15) is 5.75 Å². The van der Waals surface area contributed by atoms with Gasteiger partial charge in [0.25, 0.3) is 0 Å². The summed E-state index contributed by atoms with van der Waals surface area (Å²) < 4.78 is 5.29. The Morgan fingerprint density at radius 1 is 1.39 bits per heavy atom. The van der Waals surface area contributed by atoms with E-state index in [0.717, 1.165) is 28.9 Å². The van der Waals surface area contributed by atoms with Gasteiger partial charge in [0.2, 0.25) is 0 Å². The molecule has 0 radical (unpaired) electrons. The van der Waals surface area contributed by atoms with Crippen LogP contribution in [0.1, 0.15) is 4.88 Å². The summed E-state index contributed by atoms with van der Waals surface area (Å²) in [6.07, 6.45) is 1.83. The Morgan fingerprint density at radius 3 is 3.22 bits per heavy atom. The zero-order chi connectivity index (χ0) is 12.4. The highest BCUT2D eigenvalue weighted by molar-refractivity contribution is 7.10. The van der Waals surface area contributed by atoms with Crippen LogP contribution in [0.3, 0.4) is 0 Å². The Hall–Kier alpha value is -2.01. The Morgan fingerprint density at radius 2 is 2.33 bits per heavy atom. The van der Waals surface area contributed by atoms with Gasteiger partial charge in [-0.3, -0.25) is 5.10 Å². The van der Waals surface area contributed by atoms with Crippen LogP contribution in [0.5, 0.6) is 5.75 Å². The topological polar surface area (TPSA) is 49.9 Å². The number of ether oxygens (including phenoxy) is 1. The number of methoxy groups -OCH3 is 1. The number of nitrogens with one attached hydrogen (secondary N) is 2. The van der Waals surface area contributed by atoms with E-state index in [1.165, 1.54) is 4.88 Å². The Kier molecular flexibility index (Phi) is 2.90. The van der Waals surface area contributed by atoms with Crippen LogP contribution < -0.4 is 10.1 Å². The fourth-order valence-electron chi connectivity index (χ4n) is 1.87. The minimum atomic E-state index is 0.768. The fraction of sp³-hybridized carbons (Fsp3) is 0.154. The van der Waals surface area contributed by atoms with Crippen molar-refractivity contribution in [2.75, 3.05) is 12.4 Å². The smallest absolute Gasteiger partial charge is 0.134 e. The lowest BCUT2D eigenvalue weighted by atomic mass is 10.2. The molecule has 0 amide bonds. The maximum Gasteiger partial charge on any atom is 0.134 e. The van der Waals surface area contributed by atoms with Crippen LogP contribution in [-0.4, -0.2) is 17.3 Å². The highest BCUT2D eigenvalue weighted by Gasteiger charge is 2.04. The first-order valence-corrected chi connectivity index (χ1v) is 6.52. The van der Waals surface area contributed by atoms with Gasteiger partial charge in [-0.05, 0) is 29.6 Å². The first-order valence-electron chi connectivity index (χ1n) is 5.64. The van der Waals surface area contributed by atoms with Gasteiger partial charge in [-0.25, -0.2) is 0 Å². The molecule has 0 fully saturated rings. The van der Waals surface area contributed by atoms with Crippen molar-refractivity contribution in [1.82, 2.24) is 10.2 Å². The standard InChI is InChI=1S/C13H13N3OS/c1-17-12-4-5-18-13(12)8-14-10-2-3-11-9(6-10)7-15-16-11/h2-7,14H,8H2,1H3,(H,15,16). The molecule has 0 saturated carbocycles. The van der Waals surface area contributed by atoms with Gasteiger partial charge in [0.15, 0.2) is 0 Å². The Labute approximate surface area is 109 Å². The van der Waals surface area contributed by atoms with E-state index in [9.17, 15) is 0 Å². The number of rotatable bonds is 4. The highest BCUT2D eigenvalue weighted by atomic mass is 32.1. The maximum atomic E-state index is 5.29. The molecule has 2 aromatic heterocycles. The van der Waals surface area contributed by atoms with Crippen molar-refractivity contribution in [3.8, 4) is 5.75 Å². The summed E-state index contributed by atoms with van der Waals surface area (Å²) in [6, 6.07) is 8.14. The van der Waals surface area contributed by atoms with Crippen molar-refractivity contribution in [3.63, 3.8) is 0 Å². The number of thiophene rings is 1. The first-order chi connectivity index (χ1) is 8.86. The number of nitrogens with zero attached hydrogens (tertiary/aromatic N) is 1. The molecule has 0 aliphatic carbocycles. The van der Waals surface area contributed by atoms with Gasteiger partial charge in [-0.2, -0.15) is 5.10 Å². The zero-order valence-electron chi connectivity index (χ0n) is 9.93. The Balaban J connectivity index is 1.76. The number of anilines is 1. The number of fused-ring (bicyclic) bond motifs is 1. The molecule has 0 aliphatic heterocycles. The predicted molar refractivity (Wildman–Crippen MR) is 74.3 cm³/mol. The number of hydrogen-bond acceptors (Lipinski definition) is 4. The van der Waals surface area contributed by atoms with Gasteiger partial charge in [-0.15, -0.1) is 11.3 Å². The zero-order valence-corrected chi connectivity index (χ0v) is 10.8. The molecule has 92 valence electrons. The monoisotopic (exact) mass is 259 g/mol. The van der Waals surface area contributed by atoms with E-state index < -0.39 is 0 Å². The third-order valence-electron chi connectivity index (χ3n) is 2.82. The second-order valence-electron chi connectivity index (χ2n) is 3.94. The molecular weight excluding hydrogens is 246 g/mol. The van der Waals surface area contributed by atoms with Crippen LogP contribution in [0.2, 0.25) is 0 Å². The van der Waals surface area contributed by atoms with Crippen LogP contribution in [-0.2, 0) is 6.54 Å². The largest absolute Gasteiger partial charge is 0.496 e. The molecule has 1 aromatic carbocycles. The minimum Gasteiger partial charge on any atom is -0.496 e. The molecule has 5 heteroatoms. The number of aromatic nitrogens is 2. The molecule has 2 N–H and O–H groups in total. The van der Waals surface area contributed by atoms with Crippen molar-refractivity contribution < 1.29 is 4.74 Å². The number of benzene rings is 1. The molecule has 0 atom stereocenters. The average molecular weight is 259 g/mol. The normalized spacial score (nSPS) is 10.7. The second-order valence-corrected chi connectivity index (χ2v) is 4.94.